The maximum atomic E-state index is 12.0. The van der Waals surface area contributed by atoms with E-state index in [2.05, 4.69) is 0 Å². The van der Waals surface area contributed by atoms with Gasteiger partial charge in [-0.15, -0.1) is 0 Å². The number of esters is 1. The highest BCUT2D eigenvalue weighted by Crippen LogP contribution is 2.34. The van der Waals surface area contributed by atoms with Crippen molar-refractivity contribution < 1.29 is 19.7 Å². The minimum atomic E-state index is -1.31. The number of benzene rings is 1. The molecule has 0 fully saturated rings. The van der Waals surface area contributed by atoms with Gasteiger partial charge in [-0.25, -0.2) is 0 Å². The Morgan fingerprint density at radius 1 is 1.32 bits per heavy atom. The molecule has 0 aliphatic heterocycles. The van der Waals surface area contributed by atoms with E-state index in [-0.39, 0.29) is 11.7 Å². The van der Waals surface area contributed by atoms with Crippen molar-refractivity contribution in [1.82, 2.24) is 0 Å². The van der Waals surface area contributed by atoms with Gasteiger partial charge in [-0.2, -0.15) is 0 Å². The van der Waals surface area contributed by atoms with Crippen LogP contribution in [0.4, 0.5) is 0 Å². The summed E-state index contributed by atoms with van der Waals surface area (Å²) >= 11 is 0. The smallest absolute Gasteiger partial charge is 0.312 e. The van der Waals surface area contributed by atoms with Crippen LogP contribution in [0, 0.1) is 5.92 Å². The molecule has 4 nitrogen and oxygen atoms in total. The number of aliphatic hydroxyl groups is 1. The fourth-order valence-corrected chi connectivity index (χ4v) is 2.16. The molecule has 1 rings (SSSR count). The molecule has 0 bridgehead atoms. The van der Waals surface area contributed by atoms with Crippen LogP contribution < -0.4 is 0 Å². The molecule has 0 saturated heterocycles. The lowest BCUT2D eigenvalue weighted by Crippen LogP contribution is -2.38. The van der Waals surface area contributed by atoms with E-state index in [4.69, 9.17) is 4.74 Å². The molecule has 0 heterocycles. The lowest BCUT2D eigenvalue weighted by Gasteiger charge is -2.31. The lowest BCUT2D eigenvalue weighted by molar-refractivity contribution is -0.158. The molecule has 19 heavy (non-hydrogen) atoms. The molecule has 4 heteroatoms. The first-order chi connectivity index (χ1) is 8.93. The van der Waals surface area contributed by atoms with E-state index < -0.39 is 11.5 Å². The number of rotatable bonds is 6. The third-order valence-corrected chi connectivity index (χ3v) is 3.28. The van der Waals surface area contributed by atoms with Gasteiger partial charge in [0.25, 0.3) is 0 Å². The van der Waals surface area contributed by atoms with Crippen LogP contribution in [0.2, 0.25) is 0 Å². The highest BCUT2D eigenvalue weighted by atomic mass is 16.5. The van der Waals surface area contributed by atoms with Crippen LogP contribution in [-0.4, -0.2) is 22.8 Å². The van der Waals surface area contributed by atoms with Crippen LogP contribution in [0.3, 0.4) is 0 Å². The van der Waals surface area contributed by atoms with E-state index in [0.29, 0.717) is 18.6 Å². The van der Waals surface area contributed by atoms with Crippen molar-refractivity contribution >= 4 is 5.97 Å². The predicted molar refractivity (Wildman–Crippen MR) is 72.7 cm³/mol. The molecule has 2 N–H and O–H groups in total. The van der Waals surface area contributed by atoms with Crippen LogP contribution >= 0.6 is 0 Å². The molecule has 0 radical (unpaired) electrons. The molecule has 0 saturated carbocycles. The summed E-state index contributed by atoms with van der Waals surface area (Å²) in [5.74, 6) is -0.868. The van der Waals surface area contributed by atoms with Crippen molar-refractivity contribution in [3.8, 4) is 5.75 Å². The molecule has 1 aromatic carbocycles. The van der Waals surface area contributed by atoms with Crippen LogP contribution in [0.1, 0.15) is 39.2 Å². The average molecular weight is 266 g/mol. The molecular formula is C15H22O4. The second kappa shape index (κ2) is 6.57. The molecule has 0 aromatic heterocycles. The van der Waals surface area contributed by atoms with Gasteiger partial charge in [-0.05, 0) is 38.0 Å². The van der Waals surface area contributed by atoms with E-state index >= 15 is 0 Å². The van der Waals surface area contributed by atoms with Gasteiger partial charge in [-0.1, -0.05) is 25.5 Å². The number of phenolic OH excluding ortho intramolecular Hbond substituents is 1. The van der Waals surface area contributed by atoms with Gasteiger partial charge in [0.2, 0.25) is 0 Å². The fraction of sp³-hybridized carbons (Fsp3) is 0.533. The van der Waals surface area contributed by atoms with Gasteiger partial charge < -0.3 is 14.9 Å². The van der Waals surface area contributed by atoms with Crippen LogP contribution in [0.5, 0.6) is 5.75 Å². The van der Waals surface area contributed by atoms with E-state index in [9.17, 15) is 15.0 Å². The average Bonchev–Trinajstić information content (AvgIpc) is 2.36. The monoisotopic (exact) mass is 266 g/mol. The van der Waals surface area contributed by atoms with Gasteiger partial charge in [0.15, 0.2) is 0 Å². The van der Waals surface area contributed by atoms with E-state index in [0.717, 1.165) is 6.42 Å². The first-order valence-corrected chi connectivity index (χ1v) is 6.62. The van der Waals surface area contributed by atoms with Crippen molar-refractivity contribution in [3.05, 3.63) is 29.8 Å². The molecule has 0 amide bonds. The number of carbonyl (C=O) groups excluding carboxylic acids is 1. The van der Waals surface area contributed by atoms with Gasteiger partial charge in [0.1, 0.15) is 11.4 Å². The highest BCUT2D eigenvalue weighted by Gasteiger charge is 2.39. The minimum Gasteiger partial charge on any atom is -0.508 e. The molecule has 2 atom stereocenters. The largest absolute Gasteiger partial charge is 0.508 e. The second-order valence-corrected chi connectivity index (χ2v) is 4.79. The fourth-order valence-electron chi connectivity index (χ4n) is 2.16. The summed E-state index contributed by atoms with van der Waals surface area (Å²) in [4.78, 5) is 12.0. The van der Waals surface area contributed by atoms with Crippen molar-refractivity contribution in [2.45, 2.75) is 39.2 Å². The Bertz CT molecular complexity index is 409. The zero-order chi connectivity index (χ0) is 14.5. The summed E-state index contributed by atoms with van der Waals surface area (Å²) in [5.41, 5.74) is -0.715. The van der Waals surface area contributed by atoms with E-state index in [1.807, 2.05) is 6.92 Å². The Balaban J connectivity index is 3.04. The first-order valence-electron chi connectivity index (χ1n) is 6.62. The van der Waals surface area contributed by atoms with Crippen molar-refractivity contribution in [1.29, 1.82) is 0 Å². The maximum absolute atomic E-state index is 12.0. The maximum Gasteiger partial charge on any atom is 0.312 e. The van der Waals surface area contributed by atoms with Gasteiger partial charge in [-0.3, -0.25) is 4.79 Å². The molecular weight excluding hydrogens is 244 g/mol. The Morgan fingerprint density at radius 2 is 1.89 bits per heavy atom. The second-order valence-electron chi connectivity index (χ2n) is 4.79. The summed E-state index contributed by atoms with van der Waals surface area (Å²) < 4.78 is 5.04. The Kier molecular flexibility index (Phi) is 5.36. The zero-order valence-corrected chi connectivity index (χ0v) is 11.7. The summed E-state index contributed by atoms with van der Waals surface area (Å²) in [7, 11) is 0. The molecule has 0 spiro atoms. The van der Waals surface area contributed by atoms with Gasteiger partial charge in [0, 0.05) is 0 Å². The number of ether oxygens (including phenoxy) is 1. The Labute approximate surface area is 114 Å². The van der Waals surface area contributed by atoms with E-state index in [1.165, 1.54) is 12.1 Å². The van der Waals surface area contributed by atoms with Crippen molar-refractivity contribution in [2.75, 3.05) is 6.61 Å². The van der Waals surface area contributed by atoms with Crippen molar-refractivity contribution in [3.63, 3.8) is 0 Å². The summed E-state index contributed by atoms with van der Waals surface area (Å²) in [6.07, 6.45) is 1.32. The highest BCUT2D eigenvalue weighted by molar-refractivity contribution is 5.74. The van der Waals surface area contributed by atoms with Crippen LogP contribution in [-0.2, 0) is 15.1 Å². The Hall–Kier alpha value is -1.55. The van der Waals surface area contributed by atoms with Crippen LogP contribution in [0.25, 0.3) is 0 Å². The predicted octanol–water partition coefficient (Wildman–Crippen LogP) is 2.58. The number of aromatic hydroxyl groups is 1. The minimum absolute atomic E-state index is 0.128. The molecule has 0 aliphatic carbocycles. The van der Waals surface area contributed by atoms with Crippen molar-refractivity contribution in [2.24, 2.45) is 5.92 Å². The topological polar surface area (TPSA) is 66.8 Å². The summed E-state index contributed by atoms with van der Waals surface area (Å²) in [6.45, 7) is 5.61. The number of hydrogen-bond acceptors (Lipinski definition) is 4. The standard InChI is InChI=1S/C15H22O4/c1-4-6-13(14(17)19-5-2)15(3,18)11-7-9-12(16)10-8-11/h7-10,13,16,18H,4-6H2,1-3H3. The normalized spacial score (nSPS) is 15.6. The summed E-state index contributed by atoms with van der Waals surface area (Å²) in [6, 6.07) is 6.24. The molecule has 2 unspecified atom stereocenters. The molecule has 0 aliphatic rings. The van der Waals surface area contributed by atoms with Gasteiger partial charge in [0.05, 0.1) is 12.5 Å². The quantitative estimate of drug-likeness (QED) is 0.777. The molecule has 106 valence electrons. The molecule has 1 aromatic rings. The Morgan fingerprint density at radius 3 is 2.37 bits per heavy atom. The van der Waals surface area contributed by atoms with Crippen LogP contribution in [0.15, 0.2) is 24.3 Å². The number of phenols is 1. The number of carbonyl (C=O) groups is 1. The third-order valence-electron chi connectivity index (χ3n) is 3.28. The van der Waals surface area contributed by atoms with E-state index in [1.54, 1.807) is 26.0 Å². The van der Waals surface area contributed by atoms with Gasteiger partial charge >= 0.3 is 5.97 Å². The lowest BCUT2D eigenvalue weighted by atomic mass is 9.80. The summed E-state index contributed by atoms with van der Waals surface area (Å²) in [5, 5.41) is 20.0. The SMILES string of the molecule is CCCC(C(=O)OCC)C(C)(O)c1ccc(O)cc1. The zero-order valence-electron chi connectivity index (χ0n) is 11.7. The first kappa shape index (κ1) is 15.5. The third kappa shape index (κ3) is 3.70. The number of hydrogen-bond donors (Lipinski definition) is 2.